The second-order valence-corrected chi connectivity index (χ2v) is 8.19. The zero-order chi connectivity index (χ0) is 22.5. The average Bonchev–Trinajstić information content (AvgIpc) is 3.13. The molecule has 0 saturated carbocycles. The van der Waals surface area contributed by atoms with E-state index in [1.165, 1.54) is 35.8 Å². The molecule has 10 heteroatoms. The SMILES string of the molecule is COc1cccc(Cc2nsc(N3CCCN(C(=O)c4ccc([N+](=O)[O-])cc4)CC3)n2)c1. The lowest BCUT2D eigenvalue weighted by atomic mass is 10.1. The highest BCUT2D eigenvalue weighted by atomic mass is 32.1. The van der Waals surface area contributed by atoms with Crippen LogP contribution in [0.4, 0.5) is 10.8 Å². The number of hydrogen-bond acceptors (Lipinski definition) is 8. The molecule has 4 rings (SSSR count). The molecule has 2 aromatic carbocycles. The highest BCUT2D eigenvalue weighted by molar-refractivity contribution is 7.09. The molecule has 0 radical (unpaired) electrons. The summed E-state index contributed by atoms with van der Waals surface area (Å²) in [6, 6.07) is 13.6. The number of methoxy groups -OCH3 is 1. The normalized spacial score (nSPS) is 14.2. The Labute approximate surface area is 189 Å². The van der Waals surface area contributed by atoms with Crippen LogP contribution in [0.2, 0.25) is 0 Å². The summed E-state index contributed by atoms with van der Waals surface area (Å²) in [7, 11) is 1.65. The number of benzene rings is 2. The van der Waals surface area contributed by atoms with Gasteiger partial charge in [-0.25, -0.2) is 4.98 Å². The van der Waals surface area contributed by atoms with E-state index in [4.69, 9.17) is 9.72 Å². The Morgan fingerprint density at radius 3 is 2.72 bits per heavy atom. The molecule has 1 aromatic heterocycles. The van der Waals surface area contributed by atoms with Crippen molar-refractivity contribution in [1.29, 1.82) is 0 Å². The first-order valence-electron chi connectivity index (χ1n) is 10.3. The number of carbonyl (C=O) groups excluding carboxylic acids is 1. The Bertz CT molecular complexity index is 1100. The molecule has 0 spiro atoms. The molecule has 1 amide bonds. The molecule has 1 aliphatic rings. The number of rotatable bonds is 6. The minimum Gasteiger partial charge on any atom is -0.497 e. The first-order valence-corrected chi connectivity index (χ1v) is 11.0. The van der Waals surface area contributed by atoms with Crippen LogP contribution in [-0.4, -0.2) is 58.4 Å². The summed E-state index contributed by atoms with van der Waals surface area (Å²) in [4.78, 5) is 31.9. The van der Waals surface area contributed by atoms with E-state index in [1.54, 1.807) is 12.0 Å². The monoisotopic (exact) mass is 453 g/mol. The van der Waals surface area contributed by atoms with E-state index in [0.717, 1.165) is 35.2 Å². The van der Waals surface area contributed by atoms with Crippen LogP contribution in [0.5, 0.6) is 5.75 Å². The van der Waals surface area contributed by atoms with Gasteiger partial charge in [-0.3, -0.25) is 14.9 Å². The number of nitrogens with zero attached hydrogens (tertiary/aromatic N) is 5. The van der Waals surface area contributed by atoms with E-state index in [1.807, 2.05) is 24.3 Å². The summed E-state index contributed by atoms with van der Waals surface area (Å²) in [5.41, 5.74) is 1.52. The van der Waals surface area contributed by atoms with Crippen LogP contribution in [0.15, 0.2) is 48.5 Å². The molecule has 3 aromatic rings. The predicted octanol–water partition coefficient (Wildman–Crippen LogP) is 3.40. The van der Waals surface area contributed by atoms with Gasteiger partial charge in [-0.15, -0.1) is 0 Å². The Morgan fingerprint density at radius 1 is 1.16 bits per heavy atom. The Hall–Kier alpha value is -3.53. The number of ether oxygens (including phenoxy) is 1. The lowest BCUT2D eigenvalue weighted by molar-refractivity contribution is -0.384. The van der Waals surface area contributed by atoms with Crippen molar-refractivity contribution in [2.75, 3.05) is 38.2 Å². The third-order valence-electron chi connectivity index (χ3n) is 5.33. The third-order valence-corrected chi connectivity index (χ3v) is 6.15. The molecule has 2 heterocycles. The number of amides is 1. The number of nitro groups is 1. The van der Waals surface area contributed by atoms with E-state index < -0.39 is 4.92 Å². The third kappa shape index (κ3) is 5.02. The number of nitro benzene ring substituents is 1. The summed E-state index contributed by atoms with van der Waals surface area (Å²) < 4.78 is 9.79. The first kappa shape index (κ1) is 21.7. The smallest absolute Gasteiger partial charge is 0.269 e. The molecule has 0 atom stereocenters. The largest absolute Gasteiger partial charge is 0.497 e. The zero-order valence-corrected chi connectivity index (χ0v) is 18.5. The van der Waals surface area contributed by atoms with Gasteiger partial charge in [-0.05, 0) is 36.2 Å². The van der Waals surface area contributed by atoms with Gasteiger partial charge in [0, 0.05) is 61.8 Å². The Balaban J connectivity index is 1.38. The van der Waals surface area contributed by atoms with Crippen molar-refractivity contribution in [3.05, 3.63) is 75.6 Å². The minimum atomic E-state index is -0.470. The second-order valence-electron chi connectivity index (χ2n) is 7.46. The van der Waals surface area contributed by atoms with Crippen molar-refractivity contribution in [3.8, 4) is 5.75 Å². The van der Waals surface area contributed by atoms with E-state index in [-0.39, 0.29) is 11.6 Å². The van der Waals surface area contributed by atoms with Gasteiger partial charge in [0.1, 0.15) is 11.6 Å². The van der Waals surface area contributed by atoms with Crippen LogP contribution < -0.4 is 9.64 Å². The van der Waals surface area contributed by atoms with Crippen molar-refractivity contribution in [3.63, 3.8) is 0 Å². The van der Waals surface area contributed by atoms with Crippen LogP contribution in [0.1, 0.15) is 28.2 Å². The summed E-state index contributed by atoms with van der Waals surface area (Å²) in [6.45, 7) is 2.63. The minimum absolute atomic E-state index is 0.0235. The highest BCUT2D eigenvalue weighted by Gasteiger charge is 2.22. The van der Waals surface area contributed by atoms with E-state index in [2.05, 4.69) is 9.27 Å². The van der Waals surface area contributed by atoms with Crippen LogP contribution in [0, 0.1) is 10.1 Å². The number of non-ortho nitro benzene ring substituents is 1. The number of aromatic nitrogens is 2. The summed E-state index contributed by atoms with van der Waals surface area (Å²) >= 11 is 1.37. The fraction of sp³-hybridized carbons (Fsp3) is 0.318. The predicted molar refractivity (Wildman–Crippen MR) is 122 cm³/mol. The molecule has 0 bridgehead atoms. The maximum atomic E-state index is 12.8. The van der Waals surface area contributed by atoms with Gasteiger partial charge < -0.3 is 14.5 Å². The van der Waals surface area contributed by atoms with Gasteiger partial charge in [0.25, 0.3) is 11.6 Å². The van der Waals surface area contributed by atoms with E-state index in [0.29, 0.717) is 31.6 Å². The van der Waals surface area contributed by atoms with Gasteiger partial charge in [0.15, 0.2) is 0 Å². The molecule has 1 aliphatic heterocycles. The molecule has 1 saturated heterocycles. The lowest BCUT2D eigenvalue weighted by Gasteiger charge is -2.21. The van der Waals surface area contributed by atoms with Crippen molar-refractivity contribution in [2.24, 2.45) is 0 Å². The second kappa shape index (κ2) is 9.73. The van der Waals surface area contributed by atoms with E-state index >= 15 is 0 Å². The highest BCUT2D eigenvalue weighted by Crippen LogP contribution is 2.22. The topological polar surface area (TPSA) is 102 Å². The van der Waals surface area contributed by atoms with Gasteiger partial charge in [-0.2, -0.15) is 4.37 Å². The fourth-order valence-electron chi connectivity index (χ4n) is 3.63. The fourth-order valence-corrected chi connectivity index (χ4v) is 4.37. The maximum Gasteiger partial charge on any atom is 0.269 e. The van der Waals surface area contributed by atoms with Gasteiger partial charge in [0.2, 0.25) is 5.13 Å². The number of carbonyl (C=O) groups is 1. The van der Waals surface area contributed by atoms with Gasteiger partial charge in [-0.1, -0.05) is 12.1 Å². The molecule has 32 heavy (non-hydrogen) atoms. The molecule has 0 N–H and O–H groups in total. The van der Waals surface area contributed by atoms with Gasteiger partial charge in [0.05, 0.1) is 12.0 Å². The molecule has 0 unspecified atom stereocenters. The lowest BCUT2D eigenvalue weighted by Crippen LogP contribution is -2.35. The van der Waals surface area contributed by atoms with Crippen molar-refractivity contribution < 1.29 is 14.5 Å². The maximum absolute atomic E-state index is 12.8. The summed E-state index contributed by atoms with van der Waals surface area (Å²) in [5.74, 6) is 1.46. The Kier molecular flexibility index (Phi) is 6.60. The van der Waals surface area contributed by atoms with Crippen LogP contribution in [0.25, 0.3) is 0 Å². The molecular formula is C22H23N5O4S. The molecule has 1 fully saturated rings. The number of anilines is 1. The van der Waals surface area contributed by atoms with Crippen molar-refractivity contribution in [2.45, 2.75) is 12.8 Å². The van der Waals surface area contributed by atoms with Crippen LogP contribution in [-0.2, 0) is 6.42 Å². The zero-order valence-electron chi connectivity index (χ0n) is 17.6. The first-order chi connectivity index (χ1) is 15.5. The standard InChI is InChI=1S/C22H23N5O4S/c1-31-19-5-2-4-16(14-19)15-20-23-22(32-24-20)26-11-3-10-25(12-13-26)21(28)17-6-8-18(9-7-17)27(29)30/h2,4-9,14H,3,10-13,15H2,1H3. The molecular weight excluding hydrogens is 430 g/mol. The van der Waals surface area contributed by atoms with Crippen LogP contribution >= 0.6 is 11.5 Å². The average molecular weight is 454 g/mol. The van der Waals surface area contributed by atoms with Crippen molar-refractivity contribution in [1.82, 2.24) is 14.3 Å². The van der Waals surface area contributed by atoms with Crippen molar-refractivity contribution >= 4 is 28.3 Å². The molecule has 166 valence electrons. The molecule has 9 nitrogen and oxygen atoms in total. The molecule has 0 aliphatic carbocycles. The van der Waals surface area contributed by atoms with E-state index in [9.17, 15) is 14.9 Å². The summed E-state index contributed by atoms with van der Waals surface area (Å²) in [6.07, 6.45) is 1.44. The quantitative estimate of drug-likeness (QED) is 0.416. The Morgan fingerprint density at radius 2 is 1.97 bits per heavy atom. The van der Waals surface area contributed by atoms with Crippen LogP contribution in [0.3, 0.4) is 0 Å². The van der Waals surface area contributed by atoms with Gasteiger partial charge >= 0.3 is 0 Å². The number of hydrogen-bond donors (Lipinski definition) is 0. The summed E-state index contributed by atoms with van der Waals surface area (Å²) in [5, 5.41) is 11.7.